The van der Waals surface area contributed by atoms with E-state index in [1.807, 2.05) is 39.5 Å². The average molecular weight is 458 g/mol. The van der Waals surface area contributed by atoms with Crippen molar-refractivity contribution in [3.8, 4) is 0 Å². The average Bonchev–Trinajstić information content (AvgIpc) is 2.74. The van der Waals surface area contributed by atoms with Gasteiger partial charge in [-0.2, -0.15) is 0 Å². The normalized spacial score (nSPS) is 17.1. The molecule has 11 nitrogen and oxygen atoms in total. The van der Waals surface area contributed by atoms with Crippen LogP contribution in [0.25, 0.3) is 0 Å². The van der Waals surface area contributed by atoms with Crippen LogP contribution >= 0.6 is 11.6 Å². The second kappa shape index (κ2) is 9.79. The number of halogens is 1. The summed E-state index contributed by atoms with van der Waals surface area (Å²) in [4.78, 5) is 75.4. The molecule has 0 unspecified atom stereocenters. The van der Waals surface area contributed by atoms with Gasteiger partial charge in [0, 0.05) is 23.3 Å². The van der Waals surface area contributed by atoms with E-state index in [2.05, 4.69) is 4.98 Å². The highest BCUT2D eigenvalue weighted by atomic mass is 35.5. The molecule has 0 radical (unpaired) electrons. The molecule has 4 N–H and O–H groups in total. The summed E-state index contributed by atoms with van der Waals surface area (Å²) >= 11 is 5.83. The molecule has 164 valence electrons. The first kappa shape index (κ1) is 22.6. The largest absolute Gasteiger partial charge is 0.328 e. The number of barbiturate groups is 2. The summed E-state index contributed by atoms with van der Waals surface area (Å²) in [6.07, 6.45) is 3.50. The number of hydrogen-bond donors (Lipinski definition) is 4. The van der Waals surface area contributed by atoms with E-state index in [0.717, 1.165) is 0 Å². The zero-order valence-corrected chi connectivity index (χ0v) is 17.0. The van der Waals surface area contributed by atoms with Crippen LogP contribution in [-0.2, 0) is 19.2 Å². The fraction of sp³-hybridized carbons (Fsp3) is 0.150. The molecule has 2 aromatic rings. The number of nitrogens with zero attached hydrogens (tertiary/aromatic N) is 1. The van der Waals surface area contributed by atoms with Gasteiger partial charge in [0.15, 0.2) is 0 Å². The molecular formula is C20H16ClN5O6. The number of carbonyl (C=O) groups is 6. The van der Waals surface area contributed by atoms with Crippen LogP contribution in [0.15, 0.2) is 54.9 Å². The molecule has 12 heteroatoms. The molecule has 4 rings (SSSR count). The number of pyridine rings is 1. The smallest absolute Gasteiger partial charge is 0.277 e. The Bertz CT molecular complexity index is 961. The van der Waals surface area contributed by atoms with Crippen molar-refractivity contribution in [2.75, 3.05) is 0 Å². The van der Waals surface area contributed by atoms with Gasteiger partial charge in [-0.3, -0.25) is 45.4 Å². The predicted octanol–water partition coefficient (Wildman–Crippen LogP) is 0.470. The van der Waals surface area contributed by atoms with Crippen molar-refractivity contribution in [1.82, 2.24) is 26.3 Å². The van der Waals surface area contributed by atoms with Gasteiger partial charge in [0.25, 0.3) is 0 Å². The highest BCUT2D eigenvalue weighted by molar-refractivity contribution is 6.30. The number of aromatic nitrogens is 1. The molecule has 8 amide bonds. The zero-order valence-electron chi connectivity index (χ0n) is 16.2. The Hall–Kier alpha value is -4.12. The SMILES string of the molecule is O=C1NC(=O)C(C(c2ccc(Cl)cc2)C2C(=O)NC(=O)NC2=O)C(=O)N1.c1ccncc1. The fourth-order valence-corrected chi connectivity index (χ4v) is 3.41. The lowest BCUT2D eigenvalue weighted by molar-refractivity contribution is -0.141. The second-order valence-corrected chi connectivity index (χ2v) is 7.11. The van der Waals surface area contributed by atoms with Gasteiger partial charge in [-0.1, -0.05) is 29.8 Å². The maximum atomic E-state index is 12.3. The molecule has 2 saturated heterocycles. The molecule has 2 aliphatic heterocycles. The van der Waals surface area contributed by atoms with Crippen LogP contribution in [0.2, 0.25) is 5.02 Å². The summed E-state index contributed by atoms with van der Waals surface area (Å²) in [6, 6.07) is 9.52. The maximum Gasteiger partial charge on any atom is 0.328 e. The van der Waals surface area contributed by atoms with E-state index >= 15 is 0 Å². The predicted molar refractivity (Wildman–Crippen MR) is 109 cm³/mol. The Balaban J connectivity index is 0.000000416. The van der Waals surface area contributed by atoms with E-state index in [9.17, 15) is 28.8 Å². The molecule has 2 aliphatic rings. The molecular weight excluding hydrogens is 442 g/mol. The minimum atomic E-state index is -1.55. The first-order valence-electron chi connectivity index (χ1n) is 9.19. The van der Waals surface area contributed by atoms with Gasteiger partial charge in [0.2, 0.25) is 23.6 Å². The number of nitrogens with one attached hydrogen (secondary N) is 4. The number of carbonyl (C=O) groups excluding carboxylic acids is 6. The van der Waals surface area contributed by atoms with Crippen LogP contribution < -0.4 is 21.3 Å². The van der Waals surface area contributed by atoms with Crippen molar-refractivity contribution in [3.63, 3.8) is 0 Å². The van der Waals surface area contributed by atoms with Crippen LogP contribution in [0.3, 0.4) is 0 Å². The number of benzene rings is 1. The van der Waals surface area contributed by atoms with E-state index in [1.165, 1.54) is 24.3 Å². The van der Waals surface area contributed by atoms with Crippen LogP contribution in [0.4, 0.5) is 9.59 Å². The van der Waals surface area contributed by atoms with E-state index < -0.39 is 53.4 Å². The van der Waals surface area contributed by atoms with Crippen molar-refractivity contribution < 1.29 is 28.8 Å². The second-order valence-electron chi connectivity index (χ2n) is 6.67. The van der Waals surface area contributed by atoms with E-state index in [0.29, 0.717) is 5.02 Å². The standard InChI is InChI=1S/C15H11ClN4O6.C5H5N/c16-6-3-1-5(2-4-6)7(8-10(21)17-14(25)18-11(8)22)9-12(23)19-15(26)20-13(9)24;1-2-4-6-5-3-1/h1-4,7-9H,(H2,17,18,21,22,25)(H2,19,20,23,24,26);1-5H. The monoisotopic (exact) mass is 457 g/mol. The minimum absolute atomic E-state index is 0.281. The van der Waals surface area contributed by atoms with Gasteiger partial charge >= 0.3 is 12.1 Å². The Morgan fingerprint density at radius 3 is 1.38 bits per heavy atom. The van der Waals surface area contributed by atoms with Gasteiger partial charge in [0.05, 0.1) is 0 Å². The van der Waals surface area contributed by atoms with Crippen molar-refractivity contribution >= 4 is 47.3 Å². The number of amides is 8. The highest BCUT2D eigenvalue weighted by Gasteiger charge is 2.50. The van der Waals surface area contributed by atoms with E-state index in [4.69, 9.17) is 11.6 Å². The minimum Gasteiger partial charge on any atom is -0.277 e. The molecule has 32 heavy (non-hydrogen) atoms. The number of hydrogen-bond acceptors (Lipinski definition) is 7. The third kappa shape index (κ3) is 5.13. The topological polar surface area (TPSA) is 163 Å². The van der Waals surface area contributed by atoms with Crippen molar-refractivity contribution in [1.29, 1.82) is 0 Å². The first-order chi connectivity index (χ1) is 15.3. The van der Waals surface area contributed by atoms with Crippen LogP contribution in [0.1, 0.15) is 11.5 Å². The van der Waals surface area contributed by atoms with Crippen LogP contribution in [-0.4, -0.2) is 40.7 Å². The van der Waals surface area contributed by atoms with Crippen LogP contribution in [0, 0.1) is 11.8 Å². The van der Waals surface area contributed by atoms with Gasteiger partial charge in [-0.05, 0) is 29.8 Å². The molecule has 0 atom stereocenters. The Morgan fingerprint density at radius 1 is 0.656 bits per heavy atom. The molecule has 0 bridgehead atoms. The van der Waals surface area contributed by atoms with Gasteiger partial charge in [0.1, 0.15) is 11.8 Å². The lowest BCUT2D eigenvalue weighted by Gasteiger charge is -2.34. The summed E-state index contributed by atoms with van der Waals surface area (Å²) in [5.74, 6) is -8.22. The first-order valence-corrected chi connectivity index (χ1v) is 9.57. The number of imide groups is 4. The third-order valence-electron chi connectivity index (χ3n) is 4.62. The van der Waals surface area contributed by atoms with Crippen molar-refractivity contribution in [2.24, 2.45) is 11.8 Å². The van der Waals surface area contributed by atoms with Gasteiger partial charge in [-0.15, -0.1) is 0 Å². The van der Waals surface area contributed by atoms with Gasteiger partial charge < -0.3 is 0 Å². The molecule has 3 heterocycles. The van der Waals surface area contributed by atoms with Crippen molar-refractivity contribution in [2.45, 2.75) is 5.92 Å². The summed E-state index contributed by atoms with van der Waals surface area (Å²) in [5, 5.41) is 8.09. The summed E-state index contributed by atoms with van der Waals surface area (Å²) in [5.41, 5.74) is 0.281. The maximum absolute atomic E-state index is 12.3. The molecule has 1 aromatic carbocycles. The molecule has 0 aliphatic carbocycles. The molecule has 2 fully saturated rings. The van der Waals surface area contributed by atoms with E-state index in [-0.39, 0.29) is 5.56 Å². The summed E-state index contributed by atoms with van der Waals surface area (Å²) in [7, 11) is 0. The summed E-state index contributed by atoms with van der Waals surface area (Å²) < 4.78 is 0. The molecule has 0 spiro atoms. The number of rotatable bonds is 3. The summed E-state index contributed by atoms with van der Waals surface area (Å²) in [6.45, 7) is 0. The lowest BCUT2D eigenvalue weighted by atomic mass is 9.74. The molecule has 0 saturated carbocycles. The molecule has 1 aromatic heterocycles. The zero-order chi connectivity index (χ0) is 23.3. The van der Waals surface area contributed by atoms with Crippen LogP contribution in [0.5, 0.6) is 0 Å². The lowest BCUT2D eigenvalue weighted by Crippen LogP contribution is -2.62. The highest BCUT2D eigenvalue weighted by Crippen LogP contribution is 2.35. The van der Waals surface area contributed by atoms with Crippen molar-refractivity contribution in [3.05, 3.63) is 65.4 Å². The van der Waals surface area contributed by atoms with Gasteiger partial charge in [-0.25, -0.2) is 9.59 Å². The fourth-order valence-electron chi connectivity index (χ4n) is 3.29. The Morgan fingerprint density at radius 2 is 1.06 bits per heavy atom. The quantitative estimate of drug-likeness (QED) is 0.486. The van der Waals surface area contributed by atoms with E-state index in [1.54, 1.807) is 12.4 Å². The number of urea groups is 2. The third-order valence-corrected chi connectivity index (χ3v) is 4.87. The Kier molecular flexibility index (Phi) is 6.90. The Labute approximate surface area is 185 Å².